The van der Waals surface area contributed by atoms with E-state index in [0.717, 1.165) is 28.6 Å². The molecule has 1 aromatic heterocycles. The van der Waals surface area contributed by atoms with Crippen LogP contribution >= 0.6 is 11.5 Å². The average molecular weight is 324 g/mol. The Kier molecular flexibility index (Phi) is 4.34. The van der Waals surface area contributed by atoms with E-state index in [1.165, 1.54) is 0 Å². The number of azo groups is 1. The zero-order chi connectivity index (χ0) is 16.1. The van der Waals surface area contributed by atoms with Crippen molar-refractivity contribution in [2.75, 3.05) is 5.32 Å². The highest BCUT2D eigenvalue weighted by Crippen LogP contribution is 2.25. The number of hydrogen-bond acceptors (Lipinski definition) is 7. The minimum absolute atomic E-state index is 0.128. The number of hydrogen-bond donors (Lipinski definition) is 2. The molecule has 3 aromatic rings. The van der Waals surface area contributed by atoms with Crippen molar-refractivity contribution in [3.05, 3.63) is 60.3 Å². The van der Waals surface area contributed by atoms with Crippen LogP contribution < -0.4 is 11.1 Å². The molecule has 23 heavy (non-hydrogen) atoms. The molecule has 8 heteroatoms. The van der Waals surface area contributed by atoms with E-state index in [1.807, 2.05) is 54.6 Å². The van der Waals surface area contributed by atoms with Crippen molar-refractivity contribution in [2.24, 2.45) is 16.0 Å². The number of rotatable bonds is 5. The van der Waals surface area contributed by atoms with Gasteiger partial charge in [-0.15, -0.1) is 5.10 Å². The van der Waals surface area contributed by atoms with Crippen molar-refractivity contribution >= 4 is 39.5 Å². The summed E-state index contributed by atoms with van der Waals surface area (Å²) in [6.07, 6.45) is 0. The summed E-state index contributed by atoms with van der Waals surface area (Å²) < 4.78 is 3.71. The first kappa shape index (κ1) is 14.8. The number of primary amides is 1. The molecule has 7 nitrogen and oxygen atoms in total. The van der Waals surface area contributed by atoms with Crippen LogP contribution in [0, 0.1) is 0 Å². The van der Waals surface area contributed by atoms with Crippen LogP contribution in [0.5, 0.6) is 0 Å². The van der Waals surface area contributed by atoms with Crippen molar-refractivity contribution in [3.8, 4) is 0 Å². The normalized spacial score (nSPS) is 10.8. The second-order valence-corrected chi connectivity index (χ2v) is 5.28. The Hall–Kier alpha value is -3.13. The molecule has 0 saturated heterocycles. The molecule has 0 saturated carbocycles. The Morgan fingerprint density at radius 2 is 1.65 bits per heavy atom. The SMILES string of the molecule is NC(=O)c1nnsc1Nc1ccc(/N=N/c2ccccc2)cc1. The average Bonchev–Trinajstić information content (AvgIpc) is 3.04. The van der Waals surface area contributed by atoms with Gasteiger partial charge in [-0.2, -0.15) is 10.2 Å². The molecule has 3 rings (SSSR count). The molecule has 0 bridgehead atoms. The van der Waals surface area contributed by atoms with E-state index in [0.29, 0.717) is 5.00 Å². The molecule has 3 N–H and O–H groups in total. The molecule has 0 fully saturated rings. The number of nitrogens with two attached hydrogens (primary N) is 1. The van der Waals surface area contributed by atoms with Crippen molar-refractivity contribution in [3.63, 3.8) is 0 Å². The predicted molar refractivity (Wildman–Crippen MR) is 88.8 cm³/mol. The lowest BCUT2D eigenvalue weighted by molar-refractivity contribution is 0.0996. The molecule has 0 aliphatic rings. The quantitative estimate of drug-likeness (QED) is 0.696. The number of carbonyl (C=O) groups is 1. The lowest BCUT2D eigenvalue weighted by atomic mass is 10.3. The number of anilines is 2. The molecule has 0 unspecified atom stereocenters. The topological polar surface area (TPSA) is 106 Å². The van der Waals surface area contributed by atoms with Crippen LogP contribution in [0.1, 0.15) is 10.5 Å². The standard InChI is InChI=1S/C15H12N6OS/c16-14(22)13-15(23-21-20-13)17-10-6-8-12(9-7-10)19-18-11-4-2-1-3-5-11/h1-9,17H,(H2,16,22)/b19-18+. The minimum atomic E-state index is -0.616. The monoisotopic (exact) mass is 324 g/mol. The van der Waals surface area contributed by atoms with Crippen molar-refractivity contribution in [1.29, 1.82) is 0 Å². The van der Waals surface area contributed by atoms with Gasteiger partial charge in [-0.05, 0) is 36.4 Å². The highest BCUT2D eigenvalue weighted by molar-refractivity contribution is 7.10. The number of benzene rings is 2. The van der Waals surface area contributed by atoms with Gasteiger partial charge in [0.2, 0.25) is 0 Å². The number of nitrogens with zero attached hydrogens (tertiary/aromatic N) is 4. The maximum absolute atomic E-state index is 11.2. The molecule has 1 amide bonds. The number of aromatic nitrogens is 2. The Morgan fingerprint density at radius 3 is 2.30 bits per heavy atom. The Balaban J connectivity index is 1.71. The second kappa shape index (κ2) is 6.75. The van der Waals surface area contributed by atoms with Crippen LogP contribution in [0.25, 0.3) is 0 Å². The van der Waals surface area contributed by atoms with Gasteiger partial charge in [0.25, 0.3) is 5.91 Å². The molecule has 0 aliphatic heterocycles. The van der Waals surface area contributed by atoms with Crippen LogP contribution in [0.15, 0.2) is 64.8 Å². The fraction of sp³-hybridized carbons (Fsp3) is 0. The van der Waals surface area contributed by atoms with Gasteiger partial charge < -0.3 is 11.1 Å². The fourth-order valence-electron chi connectivity index (χ4n) is 1.79. The van der Waals surface area contributed by atoms with E-state index in [4.69, 9.17) is 5.73 Å². The Labute approximate surface area is 136 Å². The van der Waals surface area contributed by atoms with Gasteiger partial charge in [-0.3, -0.25) is 4.79 Å². The van der Waals surface area contributed by atoms with Crippen LogP contribution in [0.4, 0.5) is 22.1 Å². The number of nitrogens with one attached hydrogen (secondary N) is 1. The summed E-state index contributed by atoms with van der Waals surface area (Å²) in [6.45, 7) is 0. The van der Waals surface area contributed by atoms with Gasteiger partial charge in [0.05, 0.1) is 11.4 Å². The van der Waals surface area contributed by atoms with Crippen LogP contribution in [-0.2, 0) is 0 Å². The van der Waals surface area contributed by atoms with Gasteiger partial charge in [-0.25, -0.2) is 0 Å². The molecule has 2 aromatic carbocycles. The van der Waals surface area contributed by atoms with E-state index in [1.54, 1.807) is 0 Å². The first-order valence-corrected chi connectivity index (χ1v) is 7.46. The third-order valence-electron chi connectivity index (χ3n) is 2.88. The third kappa shape index (κ3) is 3.74. The summed E-state index contributed by atoms with van der Waals surface area (Å²) in [6, 6.07) is 16.8. The number of carbonyl (C=O) groups excluding carboxylic acids is 1. The molecule has 0 aliphatic carbocycles. The summed E-state index contributed by atoms with van der Waals surface area (Å²) >= 11 is 1.07. The van der Waals surface area contributed by atoms with Gasteiger partial charge in [0, 0.05) is 17.2 Å². The van der Waals surface area contributed by atoms with E-state index in [-0.39, 0.29) is 5.69 Å². The molecular formula is C15H12N6OS. The Bertz CT molecular complexity index is 829. The first-order valence-electron chi connectivity index (χ1n) is 6.68. The lowest BCUT2D eigenvalue weighted by Crippen LogP contribution is -2.13. The highest BCUT2D eigenvalue weighted by atomic mass is 32.1. The molecule has 0 spiro atoms. The van der Waals surface area contributed by atoms with Gasteiger partial charge in [0.1, 0.15) is 5.00 Å². The van der Waals surface area contributed by atoms with E-state index >= 15 is 0 Å². The van der Waals surface area contributed by atoms with Gasteiger partial charge >= 0.3 is 0 Å². The largest absolute Gasteiger partial charge is 0.364 e. The smallest absolute Gasteiger partial charge is 0.272 e. The molecule has 0 atom stereocenters. The zero-order valence-electron chi connectivity index (χ0n) is 11.9. The molecule has 0 radical (unpaired) electrons. The van der Waals surface area contributed by atoms with Crippen molar-refractivity contribution < 1.29 is 4.79 Å². The Morgan fingerprint density at radius 1 is 1.00 bits per heavy atom. The van der Waals surface area contributed by atoms with E-state index in [2.05, 4.69) is 25.1 Å². The van der Waals surface area contributed by atoms with Gasteiger partial charge in [0.15, 0.2) is 5.69 Å². The van der Waals surface area contributed by atoms with Crippen molar-refractivity contribution in [1.82, 2.24) is 9.59 Å². The van der Waals surface area contributed by atoms with Gasteiger partial charge in [-0.1, -0.05) is 22.7 Å². The highest BCUT2D eigenvalue weighted by Gasteiger charge is 2.13. The molecule has 1 heterocycles. The third-order valence-corrected chi connectivity index (χ3v) is 3.52. The maximum atomic E-state index is 11.2. The zero-order valence-corrected chi connectivity index (χ0v) is 12.7. The summed E-state index contributed by atoms with van der Waals surface area (Å²) in [5, 5.41) is 15.6. The fourth-order valence-corrected chi connectivity index (χ4v) is 2.38. The molecular weight excluding hydrogens is 312 g/mol. The van der Waals surface area contributed by atoms with Crippen LogP contribution in [0.3, 0.4) is 0 Å². The van der Waals surface area contributed by atoms with Crippen LogP contribution in [-0.4, -0.2) is 15.5 Å². The number of amides is 1. The predicted octanol–water partition coefficient (Wildman–Crippen LogP) is 3.80. The van der Waals surface area contributed by atoms with E-state index < -0.39 is 5.91 Å². The summed E-state index contributed by atoms with van der Waals surface area (Å²) in [5.74, 6) is -0.616. The second-order valence-electron chi connectivity index (χ2n) is 4.52. The maximum Gasteiger partial charge on any atom is 0.272 e. The summed E-state index contributed by atoms with van der Waals surface area (Å²) in [7, 11) is 0. The lowest BCUT2D eigenvalue weighted by Gasteiger charge is -2.03. The molecule has 114 valence electrons. The summed E-state index contributed by atoms with van der Waals surface area (Å²) in [5.41, 5.74) is 7.64. The first-order chi connectivity index (χ1) is 11.2. The van der Waals surface area contributed by atoms with E-state index in [9.17, 15) is 4.79 Å². The summed E-state index contributed by atoms with van der Waals surface area (Å²) in [4.78, 5) is 11.2. The van der Waals surface area contributed by atoms with Crippen LogP contribution in [0.2, 0.25) is 0 Å². The van der Waals surface area contributed by atoms with Crippen molar-refractivity contribution in [2.45, 2.75) is 0 Å². The minimum Gasteiger partial charge on any atom is -0.364 e.